The Morgan fingerprint density at radius 3 is 2.62 bits per heavy atom. The monoisotopic (exact) mass is 215 g/mol. The molecule has 0 fully saturated rings. The maximum Gasteiger partial charge on any atom is 0.0946 e. The van der Waals surface area contributed by atoms with Crippen LogP contribution in [0.3, 0.4) is 0 Å². The van der Waals surface area contributed by atoms with E-state index < -0.39 is 0 Å². The number of likely N-dealkylation sites (N-methyl/N-ethyl adjacent to an activating group) is 1. The molecule has 1 aromatic heterocycles. The fourth-order valence-corrected chi connectivity index (χ4v) is 1.77. The number of imidazole rings is 1. The molecule has 0 bridgehead atoms. The average Bonchev–Trinajstić information content (AvgIpc) is 2.80. The number of nitrogens with one attached hydrogen (secondary N) is 1. The van der Waals surface area contributed by atoms with Crippen molar-refractivity contribution in [1.82, 2.24) is 14.9 Å². The number of nitrogens with zero attached hydrogens (tertiary/aromatic N) is 2. The van der Waals surface area contributed by atoms with Gasteiger partial charge in [0.05, 0.1) is 6.33 Å². The van der Waals surface area contributed by atoms with Crippen LogP contribution in [0.4, 0.5) is 0 Å². The highest BCUT2D eigenvalue weighted by molar-refractivity contribution is 5.24. The lowest BCUT2D eigenvalue weighted by Crippen LogP contribution is -2.21. The van der Waals surface area contributed by atoms with Gasteiger partial charge in [0.1, 0.15) is 0 Å². The van der Waals surface area contributed by atoms with Crippen molar-refractivity contribution >= 4 is 0 Å². The molecule has 2 aromatic rings. The Hall–Kier alpha value is -1.61. The van der Waals surface area contributed by atoms with Crippen molar-refractivity contribution in [1.29, 1.82) is 0 Å². The van der Waals surface area contributed by atoms with Crippen LogP contribution < -0.4 is 5.32 Å². The van der Waals surface area contributed by atoms with Gasteiger partial charge in [-0.2, -0.15) is 0 Å². The zero-order valence-electron chi connectivity index (χ0n) is 9.72. The molecular formula is C13H17N3. The number of hydrogen-bond acceptors (Lipinski definition) is 2. The molecule has 0 radical (unpaired) electrons. The Morgan fingerprint density at radius 1 is 1.31 bits per heavy atom. The first-order valence-corrected chi connectivity index (χ1v) is 5.49. The van der Waals surface area contributed by atoms with Crippen molar-refractivity contribution < 1.29 is 0 Å². The minimum Gasteiger partial charge on any atom is -0.336 e. The first-order valence-electron chi connectivity index (χ1n) is 5.49. The van der Waals surface area contributed by atoms with Crippen molar-refractivity contribution in [2.45, 2.75) is 19.5 Å². The van der Waals surface area contributed by atoms with E-state index in [-0.39, 0.29) is 0 Å². The summed E-state index contributed by atoms with van der Waals surface area (Å²) in [6.07, 6.45) is 5.64. The summed E-state index contributed by atoms with van der Waals surface area (Å²) in [6.45, 7) is 3.01. The molecule has 0 saturated carbocycles. The van der Waals surface area contributed by atoms with E-state index in [0.29, 0.717) is 6.04 Å². The Morgan fingerprint density at radius 2 is 2.06 bits per heavy atom. The molecule has 1 atom stereocenters. The zero-order chi connectivity index (χ0) is 11.4. The molecule has 1 N–H and O–H groups in total. The predicted molar refractivity (Wildman–Crippen MR) is 65.2 cm³/mol. The first-order chi connectivity index (χ1) is 7.79. The van der Waals surface area contributed by atoms with E-state index in [4.69, 9.17) is 0 Å². The molecule has 0 aliphatic heterocycles. The third-order valence-electron chi connectivity index (χ3n) is 2.78. The van der Waals surface area contributed by atoms with Gasteiger partial charge in [-0.1, -0.05) is 29.8 Å². The minimum absolute atomic E-state index is 0.329. The van der Waals surface area contributed by atoms with E-state index in [0.717, 1.165) is 6.54 Å². The van der Waals surface area contributed by atoms with Crippen LogP contribution in [0.2, 0.25) is 0 Å². The van der Waals surface area contributed by atoms with Gasteiger partial charge in [0, 0.05) is 25.0 Å². The summed E-state index contributed by atoms with van der Waals surface area (Å²) in [7, 11) is 1.99. The fraction of sp³-hybridized carbons (Fsp3) is 0.308. The average molecular weight is 215 g/mol. The van der Waals surface area contributed by atoms with E-state index in [1.54, 1.807) is 0 Å². The lowest BCUT2D eigenvalue weighted by Gasteiger charge is -2.17. The Bertz CT molecular complexity index is 417. The van der Waals surface area contributed by atoms with Crippen molar-refractivity contribution in [2.75, 3.05) is 7.05 Å². The van der Waals surface area contributed by atoms with Crippen molar-refractivity contribution in [2.24, 2.45) is 0 Å². The minimum atomic E-state index is 0.329. The van der Waals surface area contributed by atoms with E-state index in [2.05, 4.69) is 46.1 Å². The molecule has 1 aromatic carbocycles. The van der Waals surface area contributed by atoms with Gasteiger partial charge in [0.25, 0.3) is 0 Å². The number of aromatic nitrogens is 2. The predicted octanol–water partition coefficient (Wildman–Crippen LogP) is 2.15. The maximum absolute atomic E-state index is 4.05. The van der Waals surface area contributed by atoms with Gasteiger partial charge in [-0.25, -0.2) is 4.98 Å². The highest BCUT2D eigenvalue weighted by Crippen LogP contribution is 2.15. The third-order valence-corrected chi connectivity index (χ3v) is 2.78. The molecule has 2 rings (SSSR count). The van der Waals surface area contributed by atoms with Crippen LogP contribution in [0.5, 0.6) is 0 Å². The summed E-state index contributed by atoms with van der Waals surface area (Å²) in [5, 5.41) is 3.33. The molecule has 0 aliphatic rings. The van der Waals surface area contributed by atoms with Gasteiger partial charge in [0.2, 0.25) is 0 Å². The quantitative estimate of drug-likeness (QED) is 0.847. The van der Waals surface area contributed by atoms with Crippen LogP contribution in [0.15, 0.2) is 43.0 Å². The van der Waals surface area contributed by atoms with E-state index in [9.17, 15) is 0 Å². The van der Waals surface area contributed by atoms with Crippen LogP contribution in [0.1, 0.15) is 17.2 Å². The molecule has 3 heteroatoms. The number of rotatable bonds is 4. The smallest absolute Gasteiger partial charge is 0.0946 e. The van der Waals surface area contributed by atoms with E-state index in [1.807, 2.05) is 25.8 Å². The topological polar surface area (TPSA) is 29.9 Å². The lowest BCUT2D eigenvalue weighted by molar-refractivity contribution is 0.500. The highest BCUT2D eigenvalue weighted by Gasteiger charge is 2.08. The van der Waals surface area contributed by atoms with Crippen LogP contribution >= 0.6 is 0 Å². The van der Waals surface area contributed by atoms with Gasteiger partial charge in [-0.15, -0.1) is 0 Å². The molecular weight excluding hydrogens is 198 g/mol. The molecule has 1 unspecified atom stereocenters. The second kappa shape index (κ2) is 4.94. The Kier molecular flexibility index (Phi) is 3.37. The third kappa shape index (κ3) is 2.49. The molecule has 0 aliphatic carbocycles. The standard InChI is InChI=1S/C13H17N3/c1-11-3-5-12(6-4-11)13(14-2)9-16-8-7-15-10-16/h3-8,10,13-14H,9H2,1-2H3. The normalized spacial score (nSPS) is 12.6. The molecule has 0 saturated heterocycles. The first kappa shape index (κ1) is 10.9. The highest BCUT2D eigenvalue weighted by atomic mass is 15.1. The SMILES string of the molecule is CNC(Cn1ccnc1)c1ccc(C)cc1. The van der Waals surface area contributed by atoms with Crippen molar-refractivity contribution in [3.05, 3.63) is 54.1 Å². The van der Waals surface area contributed by atoms with Crippen LogP contribution in [-0.4, -0.2) is 16.6 Å². The molecule has 0 amide bonds. The molecule has 1 heterocycles. The van der Waals surface area contributed by atoms with Crippen molar-refractivity contribution in [3.8, 4) is 0 Å². The summed E-state index contributed by atoms with van der Waals surface area (Å²) < 4.78 is 2.08. The molecule has 0 spiro atoms. The summed E-state index contributed by atoms with van der Waals surface area (Å²) in [6, 6.07) is 8.97. The van der Waals surface area contributed by atoms with Gasteiger partial charge < -0.3 is 9.88 Å². The molecule has 16 heavy (non-hydrogen) atoms. The number of aryl methyl sites for hydroxylation is 1. The Labute approximate surface area is 96.1 Å². The van der Waals surface area contributed by atoms with E-state index in [1.165, 1.54) is 11.1 Å². The summed E-state index contributed by atoms with van der Waals surface area (Å²) in [5.41, 5.74) is 2.60. The molecule has 84 valence electrons. The second-order valence-corrected chi connectivity index (χ2v) is 4.01. The summed E-state index contributed by atoms with van der Waals surface area (Å²) in [4.78, 5) is 4.05. The van der Waals surface area contributed by atoms with Crippen molar-refractivity contribution in [3.63, 3.8) is 0 Å². The summed E-state index contributed by atoms with van der Waals surface area (Å²) >= 11 is 0. The van der Waals surface area contributed by atoms with Gasteiger partial charge in [-0.05, 0) is 19.5 Å². The number of hydrogen-bond donors (Lipinski definition) is 1. The maximum atomic E-state index is 4.05. The van der Waals surface area contributed by atoms with Gasteiger partial charge >= 0.3 is 0 Å². The zero-order valence-corrected chi connectivity index (χ0v) is 9.72. The fourth-order valence-electron chi connectivity index (χ4n) is 1.77. The van der Waals surface area contributed by atoms with E-state index >= 15 is 0 Å². The van der Waals surface area contributed by atoms with Gasteiger partial charge in [0.15, 0.2) is 0 Å². The van der Waals surface area contributed by atoms with Crippen LogP contribution in [0.25, 0.3) is 0 Å². The molecule has 3 nitrogen and oxygen atoms in total. The summed E-state index contributed by atoms with van der Waals surface area (Å²) in [5.74, 6) is 0. The Balaban J connectivity index is 2.13. The largest absolute Gasteiger partial charge is 0.336 e. The van der Waals surface area contributed by atoms with Crippen LogP contribution in [0, 0.1) is 6.92 Å². The second-order valence-electron chi connectivity index (χ2n) is 4.01. The number of benzene rings is 1. The lowest BCUT2D eigenvalue weighted by atomic mass is 10.1. The van der Waals surface area contributed by atoms with Crippen LogP contribution in [-0.2, 0) is 6.54 Å². The van der Waals surface area contributed by atoms with Gasteiger partial charge in [-0.3, -0.25) is 0 Å².